The van der Waals surface area contributed by atoms with Gasteiger partial charge in [-0.1, -0.05) is 26.7 Å². The Kier molecular flexibility index (Phi) is 23.5. The van der Waals surface area contributed by atoms with Gasteiger partial charge in [-0.05, 0) is 25.0 Å². The minimum absolute atomic E-state index is 0.472. The zero-order chi connectivity index (χ0) is 25.5. The molecule has 11 heteroatoms. The molecule has 0 aliphatic rings. The molecule has 2 aromatic heterocycles. The number of hydrogen-bond acceptors (Lipinski definition) is 6. The molecular formula is C22H32Cl2N2O6Pt. The molecule has 0 radical (unpaired) electrons. The van der Waals surface area contributed by atoms with Gasteiger partial charge in [0.05, 0.1) is 24.6 Å². The maximum atomic E-state index is 9.00. The molecule has 2 N–H and O–H groups in total. The van der Waals surface area contributed by atoms with Crippen molar-refractivity contribution in [1.29, 1.82) is 0 Å². The molecule has 8 nitrogen and oxygen atoms in total. The first-order valence-corrected chi connectivity index (χ1v) is 15.7. The van der Waals surface area contributed by atoms with Crippen LogP contribution in [0.2, 0.25) is 0 Å². The van der Waals surface area contributed by atoms with Crippen LogP contribution in [0.25, 0.3) is 11.4 Å². The number of carboxylic acids is 2. The van der Waals surface area contributed by atoms with Crippen molar-refractivity contribution in [2.24, 2.45) is 0 Å². The van der Waals surface area contributed by atoms with E-state index >= 15 is 0 Å². The van der Waals surface area contributed by atoms with E-state index in [0.717, 1.165) is 75.6 Å². The zero-order valence-electron chi connectivity index (χ0n) is 19.2. The van der Waals surface area contributed by atoms with E-state index in [4.69, 9.17) is 48.1 Å². The number of halogens is 2. The van der Waals surface area contributed by atoms with Crippen molar-refractivity contribution in [1.82, 2.24) is 9.97 Å². The Morgan fingerprint density at radius 3 is 1.42 bits per heavy atom. The van der Waals surface area contributed by atoms with Crippen LogP contribution in [0.3, 0.4) is 0 Å². The van der Waals surface area contributed by atoms with E-state index in [1.165, 1.54) is 0 Å². The normalized spacial score (nSPS) is 9.15. The van der Waals surface area contributed by atoms with Crippen molar-refractivity contribution >= 4 is 30.8 Å². The molecule has 0 aromatic carbocycles. The van der Waals surface area contributed by atoms with Gasteiger partial charge in [-0.15, -0.1) is 0 Å². The monoisotopic (exact) mass is 685 g/mol. The summed E-state index contributed by atoms with van der Waals surface area (Å²) in [6.07, 6.45) is 7.85. The number of nitrogens with zero attached hydrogens (tertiary/aromatic N) is 2. The fraction of sp³-hybridized carbons (Fsp3) is 0.455. The molecular weight excluding hydrogens is 654 g/mol. The first-order chi connectivity index (χ1) is 15.7. The molecule has 0 spiro atoms. The topological polar surface area (TPSA) is 119 Å². The Hall–Kier alpha value is -1.89. The summed E-state index contributed by atoms with van der Waals surface area (Å²) < 4.78 is 11.4. The van der Waals surface area contributed by atoms with Crippen molar-refractivity contribution in [2.75, 3.05) is 13.2 Å². The molecule has 0 bridgehead atoms. The summed E-state index contributed by atoms with van der Waals surface area (Å²) in [5, 5.41) is 14.8. The number of hydrogen-bond donors (Lipinski definition) is 2. The summed E-state index contributed by atoms with van der Waals surface area (Å²) in [7, 11) is 9.75. The Bertz CT molecular complexity index is 713. The average molecular weight is 686 g/mol. The standard InChI is InChI=1S/C18H24N2O2.2C2H4O2.2ClH.Pt/c1-3-5-11-21-15-7-9-19-17(13-15)18-14-16(8-10-20-18)22-12-6-4-2;2*1-2(3)4;;;/h7-10,13-14H,3-6,11-12H2,1-2H3;2*1H3,(H,3,4);2*1H;/q;;;;;+2/p-2. The van der Waals surface area contributed by atoms with Gasteiger partial charge in [0.15, 0.2) is 0 Å². The van der Waals surface area contributed by atoms with Crippen molar-refractivity contribution in [3.8, 4) is 22.9 Å². The number of rotatable bonds is 9. The molecule has 2 heterocycles. The molecule has 0 unspecified atom stereocenters. The predicted molar refractivity (Wildman–Crippen MR) is 127 cm³/mol. The second-order valence-electron chi connectivity index (χ2n) is 6.24. The van der Waals surface area contributed by atoms with Crippen LogP contribution in [0.5, 0.6) is 11.5 Å². The van der Waals surface area contributed by atoms with Crippen LogP contribution < -0.4 is 9.47 Å². The number of aromatic nitrogens is 2. The second-order valence-corrected chi connectivity index (χ2v) is 9.52. The van der Waals surface area contributed by atoms with Gasteiger partial charge in [0, 0.05) is 38.4 Å². The quantitative estimate of drug-likeness (QED) is 0.306. The van der Waals surface area contributed by atoms with E-state index in [-0.39, 0.29) is 0 Å². The van der Waals surface area contributed by atoms with E-state index in [1.807, 2.05) is 24.3 Å². The second kappa shape index (κ2) is 23.3. The molecule has 0 atom stereocenters. The Labute approximate surface area is 212 Å². The van der Waals surface area contributed by atoms with E-state index in [0.29, 0.717) is 0 Å². The van der Waals surface area contributed by atoms with Gasteiger partial charge in [-0.3, -0.25) is 19.6 Å². The van der Waals surface area contributed by atoms with Crippen LogP contribution in [0.15, 0.2) is 36.7 Å². The van der Waals surface area contributed by atoms with Crippen molar-refractivity contribution in [2.45, 2.75) is 53.4 Å². The minimum atomic E-state index is -0.833. The summed E-state index contributed by atoms with van der Waals surface area (Å²) >= 11 is -0.472. The fourth-order valence-corrected chi connectivity index (χ4v) is 1.95. The van der Waals surface area contributed by atoms with Gasteiger partial charge in [0.25, 0.3) is 11.9 Å². The molecule has 0 fully saturated rings. The van der Waals surface area contributed by atoms with Gasteiger partial charge in [0.1, 0.15) is 11.5 Å². The number of carbonyl (C=O) groups is 2. The fourth-order valence-electron chi connectivity index (χ4n) is 1.95. The van der Waals surface area contributed by atoms with Gasteiger partial charge in [-0.2, -0.15) is 0 Å². The van der Waals surface area contributed by atoms with E-state index in [1.54, 1.807) is 12.4 Å². The average Bonchev–Trinajstić information content (AvgIpc) is 2.74. The molecule has 2 aromatic rings. The van der Waals surface area contributed by atoms with Crippen LogP contribution >= 0.6 is 18.8 Å². The van der Waals surface area contributed by atoms with Crippen molar-refractivity contribution in [3.05, 3.63) is 36.7 Å². The Morgan fingerprint density at radius 1 is 0.848 bits per heavy atom. The van der Waals surface area contributed by atoms with Crippen LogP contribution in [0, 0.1) is 0 Å². The molecule has 0 aliphatic heterocycles. The number of aliphatic carboxylic acids is 2. The number of pyridine rings is 2. The third-order valence-corrected chi connectivity index (χ3v) is 3.26. The Morgan fingerprint density at radius 2 is 1.15 bits per heavy atom. The predicted octanol–water partition coefficient (Wildman–Crippen LogP) is 6.06. The van der Waals surface area contributed by atoms with Gasteiger partial charge < -0.3 is 19.7 Å². The van der Waals surface area contributed by atoms with Gasteiger partial charge >= 0.3 is 35.3 Å². The first-order valence-electron chi connectivity index (χ1n) is 10.1. The maximum absolute atomic E-state index is 9.00. The molecule has 190 valence electrons. The van der Waals surface area contributed by atoms with E-state index in [9.17, 15) is 0 Å². The molecule has 33 heavy (non-hydrogen) atoms. The molecule has 0 aliphatic carbocycles. The third kappa shape index (κ3) is 23.1. The summed E-state index contributed by atoms with van der Waals surface area (Å²) in [5.41, 5.74) is 1.60. The molecule has 0 amide bonds. The zero-order valence-corrected chi connectivity index (χ0v) is 23.0. The SMILES string of the molecule is CC(=O)O.CC(=O)O.CCCCOc1ccnc(-c2cc(OCCCC)ccn2)c1.[Cl][Pt][Cl]. The van der Waals surface area contributed by atoms with Gasteiger partial charge in [-0.25, -0.2) is 0 Å². The molecule has 0 saturated carbocycles. The molecule has 2 rings (SSSR count). The summed E-state index contributed by atoms with van der Waals surface area (Å²) in [6.45, 7) is 7.92. The van der Waals surface area contributed by atoms with Gasteiger partial charge in [0.2, 0.25) is 0 Å². The van der Waals surface area contributed by atoms with E-state index < -0.39 is 28.4 Å². The summed E-state index contributed by atoms with van der Waals surface area (Å²) in [4.78, 5) is 26.8. The van der Waals surface area contributed by atoms with Crippen LogP contribution in [-0.2, 0) is 26.1 Å². The Balaban J connectivity index is 0. The van der Waals surface area contributed by atoms with Crippen molar-refractivity contribution in [3.63, 3.8) is 0 Å². The number of ether oxygens (including phenoxy) is 2. The third-order valence-electron chi connectivity index (χ3n) is 3.26. The first kappa shape index (κ1) is 33.3. The van der Waals surface area contributed by atoms with Crippen LogP contribution in [-0.4, -0.2) is 45.3 Å². The van der Waals surface area contributed by atoms with E-state index in [2.05, 4.69) is 23.8 Å². The molecule has 0 saturated heterocycles. The summed E-state index contributed by atoms with van der Waals surface area (Å²) in [6, 6.07) is 7.60. The number of unbranched alkanes of at least 4 members (excludes halogenated alkanes) is 2. The summed E-state index contributed by atoms with van der Waals surface area (Å²) in [5.74, 6) is -0.00453. The number of carboxylic acid groups (broad SMARTS) is 2. The van der Waals surface area contributed by atoms with Crippen molar-refractivity contribution < 1.29 is 45.8 Å². The van der Waals surface area contributed by atoms with Crippen LogP contribution in [0.1, 0.15) is 53.4 Å². The van der Waals surface area contributed by atoms with Crippen LogP contribution in [0.4, 0.5) is 0 Å².